The quantitative estimate of drug-likeness (QED) is 0.277. The van der Waals surface area contributed by atoms with E-state index in [0.717, 1.165) is 56.8 Å². The van der Waals surface area contributed by atoms with Crippen molar-refractivity contribution < 1.29 is 18.9 Å². The van der Waals surface area contributed by atoms with Crippen molar-refractivity contribution in [3.8, 4) is 33.6 Å². The zero-order valence-corrected chi connectivity index (χ0v) is 20.7. The van der Waals surface area contributed by atoms with Crippen LogP contribution in [0.4, 0.5) is 0 Å². The Balaban J connectivity index is 1.25. The molecule has 176 valence electrons. The summed E-state index contributed by atoms with van der Waals surface area (Å²) in [6, 6.07) is 13.4. The molecule has 1 aliphatic rings. The number of methoxy groups -OCH3 is 1. The molecule has 0 fully saturated rings. The van der Waals surface area contributed by atoms with Gasteiger partial charge in [-0.15, -0.1) is 21.5 Å². The fourth-order valence-corrected chi connectivity index (χ4v) is 5.41. The molecular formula is C24H24N4O4S2. The molecule has 4 aromatic rings. The van der Waals surface area contributed by atoms with Gasteiger partial charge < -0.3 is 23.5 Å². The highest BCUT2D eigenvalue weighted by Crippen LogP contribution is 2.37. The van der Waals surface area contributed by atoms with Crippen LogP contribution in [0.5, 0.6) is 23.0 Å². The van der Waals surface area contributed by atoms with Gasteiger partial charge in [0, 0.05) is 23.2 Å². The Morgan fingerprint density at radius 3 is 2.68 bits per heavy atom. The Morgan fingerprint density at radius 2 is 1.88 bits per heavy atom. The zero-order valence-electron chi connectivity index (χ0n) is 19.1. The summed E-state index contributed by atoms with van der Waals surface area (Å²) in [5.74, 6) is 4.58. The predicted octanol–water partition coefficient (Wildman–Crippen LogP) is 5.59. The van der Waals surface area contributed by atoms with E-state index in [1.54, 1.807) is 30.2 Å². The summed E-state index contributed by atoms with van der Waals surface area (Å²) in [6.07, 6.45) is -0.243. The first-order chi connectivity index (χ1) is 16.6. The van der Waals surface area contributed by atoms with Gasteiger partial charge in [0.2, 0.25) is 6.79 Å². The second-order valence-corrected chi connectivity index (χ2v) is 9.32. The van der Waals surface area contributed by atoms with Crippen molar-refractivity contribution in [3.05, 3.63) is 59.4 Å². The minimum Gasteiger partial charge on any atom is -0.497 e. The van der Waals surface area contributed by atoms with Crippen LogP contribution >= 0.6 is 23.1 Å². The topological polar surface area (TPSA) is 80.5 Å². The molecule has 3 heterocycles. The van der Waals surface area contributed by atoms with E-state index in [9.17, 15) is 0 Å². The molecule has 34 heavy (non-hydrogen) atoms. The van der Waals surface area contributed by atoms with Gasteiger partial charge in [-0.25, -0.2) is 4.98 Å². The first-order valence-electron chi connectivity index (χ1n) is 10.9. The molecule has 8 nitrogen and oxygen atoms in total. The lowest BCUT2D eigenvalue weighted by atomic mass is 10.2. The van der Waals surface area contributed by atoms with Crippen molar-refractivity contribution in [2.45, 2.75) is 37.4 Å². The van der Waals surface area contributed by atoms with Crippen LogP contribution in [0.15, 0.2) is 53.0 Å². The predicted molar refractivity (Wildman–Crippen MR) is 131 cm³/mol. The first kappa shape index (κ1) is 22.5. The van der Waals surface area contributed by atoms with Crippen LogP contribution < -0.4 is 18.9 Å². The molecule has 0 spiro atoms. The highest BCUT2D eigenvalue weighted by molar-refractivity contribution is 7.98. The normalized spacial score (nSPS) is 13.1. The van der Waals surface area contributed by atoms with Gasteiger partial charge >= 0.3 is 0 Å². The lowest BCUT2D eigenvalue weighted by Gasteiger charge is -2.15. The summed E-state index contributed by atoms with van der Waals surface area (Å²) in [5, 5.41) is 12.7. The highest BCUT2D eigenvalue weighted by Gasteiger charge is 2.20. The van der Waals surface area contributed by atoms with Gasteiger partial charge in [-0.1, -0.05) is 11.8 Å². The van der Waals surface area contributed by atoms with E-state index in [0.29, 0.717) is 5.75 Å². The summed E-state index contributed by atoms with van der Waals surface area (Å²) < 4.78 is 24.3. The van der Waals surface area contributed by atoms with Crippen LogP contribution in [0.3, 0.4) is 0 Å². The van der Waals surface area contributed by atoms with Gasteiger partial charge in [-0.2, -0.15) is 0 Å². The van der Waals surface area contributed by atoms with Crippen molar-refractivity contribution in [2.24, 2.45) is 0 Å². The van der Waals surface area contributed by atoms with Crippen LogP contribution in [-0.2, 0) is 12.3 Å². The molecule has 0 saturated carbocycles. The number of aromatic nitrogens is 4. The second-order valence-electron chi connectivity index (χ2n) is 7.52. The summed E-state index contributed by atoms with van der Waals surface area (Å²) in [5.41, 5.74) is 2.02. The third-order valence-corrected chi connectivity index (χ3v) is 7.26. The largest absolute Gasteiger partial charge is 0.497 e. The zero-order chi connectivity index (χ0) is 23.5. The maximum absolute atomic E-state index is 6.08. The van der Waals surface area contributed by atoms with Crippen molar-refractivity contribution in [1.82, 2.24) is 19.7 Å². The van der Waals surface area contributed by atoms with Crippen LogP contribution in [0.2, 0.25) is 0 Å². The minimum absolute atomic E-state index is 0.243. The average molecular weight is 497 g/mol. The van der Waals surface area contributed by atoms with E-state index in [2.05, 4.69) is 27.1 Å². The van der Waals surface area contributed by atoms with Crippen molar-refractivity contribution in [1.29, 1.82) is 0 Å². The Kier molecular flexibility index (Phi) is 6.59. The number of thioether (sulfide) groups is 1. The fraction of sp³-hybridized carbons (Fsp3) is 0.292. The SMILES string of the molecule is CCn1c(SCc2csc(-c3ccc4c(c3)OCO4)n2)nnc1C(C)Oc1ccc(OC)cc1. The standard InChI is InChI=1S/C24H24N4O4S2/c1-4-28-22(15(2)32-19-8-6-18(29-3)7-9-19)26-27-24(28)34-13-17-12-33-23(25-17)16-5-10-20-21(11-16)31-14-30-20/h5-12,15H,4,13-14H2,1-3H3. The molecule has 0 saturated heterocycles. The maximum Gasteiger partial charge on any atom is 0.231 e. The number of hydrogen-bond acceptors (Lipinski definition) is 9. The smallest absolute Gasteiger partial charge is 0.231 e. The first-order valence-corrected chi connectivity index (χ1v) is 12.7. The molecule has 0 bridgehead atoms. The van der Waals surface area contributed by atoms with Gasteiger partial charge in [-0.3, -0.25) is 0 Å². The molecule has 0 aliphatic carbocycles. The summed E-state index contributed by atoms with van der Waals surface area (Å²) in [4.78, 5) is 4.80. The molecule has 0 N–H and O–H groups in total. The van der Waals surface area contributed by atoms with Gasteiger partial charge in [0.05, 0.1) is 12.8 Å². The molecule has 1 atom stereocenters. The minimum atomic E-state index is -0.243. The van der Waals surface area contributed by atoms with Gasteiger partial charge in [0.15, 0.2) is 28.6 Å². The molecule has 2 aromatic heterocycles. The molecule has 1 unspecified atom stereocenters. The molecule has 1 aliphatic heterocycles. The Bertz CT molecular complexity index is 1270. The third kappa shape index (κ3) is 4.69. The third-order valence-electron chi connectivity index (χ3n) is 5.32. The van der Waals surface area contributed by atoms with E-state index in [1.165, 1.54) is 0 Å². The van der Waals surface area contributed by atoms with Gasteiger partial charge in [0.1, 0.15) is 16.5 Å². The second kappa shape index (κ2) is 9.94. The van der Waals surface area contributed by atoms with Crippen LogP contribution in [0, 0.1) is 0 Å². The number of nitrogens with zero attached hydrogens (tertiary/aromatic N) is 4. The molecule has 5 rings (SSSR count). The van der Waals surface area contributed by atoms with E-state index in [-0.39, 0.29) is 12.9 Å². The van der Waals surface area contributed by atoms with Crippen molar-refractivity contribution >= 4 is 23.1 Å². The Morgan fingerprint density at radius 1 is 1.09 bits per heavy atom. The maximum atomic E-state index is 6.08. The number of benzene rings is 2. The van der Waals surface area contributed by atoms with E-state index < -0.39 is 0 Å². The molecule has 10 heteroatoms. The Labute approximate surface area is 205 Å². The monoisotopic (exact) mass is 496 g/mol. The van der Waals surface area contributed by atoms with Gasteiger partial charge in [0.25, 0.3) is 0 Å². The summed E-state index contributed by atoms with van der Waals surface area (Å²) in [7, 11) is 1.64. The lowest BCUT2D eigenvalue weighted by Crippen LogP contribution is -2.12. The van der Waals surface area contributed by atoms with Crippen molar-refractivity contribution in [2.75, 3.05) is 13.9 Å². The molecule has 0 radical (unpaired) electrons. The highest BCUT2D eigenvalue weighted by atomic mass is 32.2. The Hall–Kier alpha value is -3.24. The van der Waals surface area contributed by atoms with Crippen molar-refractivity contribution in [3.63, 3.8) is 0 Å². The molecule has 2 aromatic carbocycles. The van der Waals surface area contributed by atoms with E-state index >= 15 is 0 Å². The number of thiazole rings is 1. The van der Waals surface area contributed by atoms with Crippen LogP contribution in [0.1, 0.15) is 31.5 Å². The number of fused-ring (bicyclic) bond motifs is 1. The number of hydrogen-bond donors (Lipinski definition) is 0. The van der Waals surface area contributed by atoms with Crippen LogP contribution in [-0.4, -0.2) is 33.7 Å². The van der Waals surface area contributed by atoms with Crippen LogP contribution in [0.25, 0.3) is 10.6 Å². The lowest BCUT2D eigenvalue weighted by molar-refractivity contribution is 0.174. The number of rotatable bonds is 9. The molecular weight excluding hydrogens is 472 g/mol. The summed E-state index contributed by atoms with van der Waals surface area (Å²) >= 11 is 3.23. The van der Waals surface area contributed by atoms with E-state index in [1.807, 2.05) is 49.4 Å². The number of ether oxygens (including phenoxy) is 4. The summed E-state index contributed by atoms with van der Waals surface area (Å²) in [6.45, 7) is 5.08. The molecule has 0 amide bonds. The van der Waals surface area contributed by atoms with Gasteiger partial charge in [-0.05, 0) is 56.3 Å². The fourth-order valence-electron chi connectivity index (χ4n) is 3.59. The van der Waals surface area contributed by atoms with E-state index in [4.69, 9.17) is 23.9 Å². The average Bonchev–Trinajstić information content (AvgIpc) is 3.61.